The van der Waals surface area contributed by atoms with Crippen molar-refractivity contribution < 1.29 is 14.6 Å². The molecule has 0 bridgehead atoms. The molecule has 1 aromatic carbocycles. The van der Waals surface area contributed by atoms with Gasteiger partial charge in [0.05, 0.1) is 5.56 Å². The Morgan fingerprint density at radius 3 is 2.30 bits per heavy atom. The molecule has 4 N–H and O–H groups in total. The van der Waals surface area contributed by atoms with Crippen LogP contribution in [0.15, 0.2) is 29.4 Å². The Hall–Kier alpha value is -2.56. The number of amides is 2. The molecule has 0 unspecified atom stereocenters. The van der Waals surface area contributed by atoms with Gasteiger partial charge < -0.3 is 21.0 Å². The van der Waals surface area contributed by atoms with Crippen LogP contribution in [0, 0.1) is 4.91 Å². The van der Waals surface area contributed by atoms with Gasteiger partial charge in [-0.05, 0) is 77.0 Å². The van der Waals surface area contributed by atoms with Crippen molar-refractivity contribution in [3.63, 3.8) is 0 Å². The van der Waals surface area contributed by atoms with Crippen molar-refractivity contribution in [1.29, 1.82) is 0 Å². The normalized spacial score (nSPS) is 19.2. The lowest BCUT2D eigenvalue weighted by atomic mass is 9.76. The molecule has 0 saturated heterocycles. The minimum absolute atomic E-state index is 0.160. The van der Waals surface area contributed by atoms with Gasteiger partial charge in [-0.1, -0.05) is 17.2 Å². The predicted molar refractivity (Wildman–Crippen MR) is 131 cm³/mol. The fraction of sp³-hybridized carbons (Fsp3) is 0.478. The zero-order valence-electron chi connectivity index (χ0n) is 19.5. The van der Waals surface area contributed by atoms with Crippen molar-refractivity contribution in [3.05, 3.63) is 50.7 Å². The lowest BCUT2D eigenvalue weighted by Gasteiger charge is -2.42. The van der Waals surface area contributed by atoms with Gasteiger partial charge in [-0.3, -0.25) is 9.59 Å². The maximum Gasteiger partial charge on any atom is 0.517 e. The number of thiophene rings is 1. The summed E-state index contributed by atoms with van der Waals surface area (Å²) in [4.78, 5) is 38.0. The van der Waals surface area contributed by atoms with Gasteiger partial charge in [0.2, 0.25) is 0 Å². The van der Waals surface area contributed by atoms with Crippen molar-refractivity contribution in [2.24, 2.45) is 5.09 Å². The molecule has 1 aliphatic carbocycles. The molecule has 1 fully saturated rings. The highest BCUT2D eigenvalue weighted by molar-refractivity contribution is 7.17. The largest absolute Gasteiger partial charge is 0.517 e. The van der Waals surface area contributed by atoms with E-state index < -0.39 is 7.05 Å². The summed E-state index contributed by atoms with van der Waals surface area (Å²) < 4.78 is 0. The van der Waals surface area contributed by atoms with E-state index in [9.17, 15) is 19.5 Å². The van der Waals surface area contributed by atoms with Gasteiger partial charge in [-0.25, -0.2) is 0 Å². The third kappa shape index (κ3) is 4.73. The third-order valence-corrected chi connectivity index (χ3v) is 7.76. The maximum atomic E-state index is 13.4. The standard InChI is InChI=1S/C23H29BN4O4S/c1-21(2)12-15-16(19(30)26-23(5)10-11-23)20(33-17(15)22(3,4)27-21)25-18(29)13-6-8-14(9-7-13)24(31)28-32/h6-9,27,31H,10-12H2,1-5H3,(H,25,29)(H,26,30). The highest BCUT2D eigenvalue weighted by Crippen LogP contribution is 2.46. The third-order valence-electron chi connectivity index (χ3n) is 6.28. The van der Waals surface area contributed by atoms with Crippen LogP contribution in [0.3, 0.4) is 0 Å². The lowest BCUT2D eigenvalue weighted by Crippen LogP contribution is -2.55. The van der Waals surface area contributed by atoms with Crippen LogP contribution in [0.4, 0.5) is 5.00 Å². The smallest absolute Gasteiger partial charge is 0.425 e. The molecule has 2 aliphatic rings. The monoisotopic (exact) mass is 468 g/mol. The number of hydrogen-bond acceptors (Lipinski definition) is 7. The summed E-state index contributed by atoms with van der Waals surface area (Å²) in [6, 6.07) is 6.01. The van der Waals surface area contributed by atoms with Gasteiger partial charge in [0.1, 0.15) is 5.00 Å². The summed E-state index contributed by atoms with van der Waals surface area (Å²) in [7, 11) is -1.47. The lowest BCUT2D eigenvalue weighted by molar-refractivity contribution is 0.0934. The molecular formula is C23H29BN4O4S. The van der Waals surface area contributed by atoms with E-state index >= 15 is 0 Å². The highest BCUT2D eigenvalue weighted by atomic mass is 32.1. The first-order chi connectivity index (χ1) is 15.3. The molecule has 174 valence electrons. The van der Waals surface area contributed by atoms with E-state index in [0.29, 0.717) is 28.0 Å². The summed E-state index contributed by atoms with van der Waals surface area (Å²) in [6.07, 6.45) is 2.56. The Kier molecular flexibility index (Phi) is 5.75. The first kappa shape index (κ1) is 23.6. The van der Waals surface area contributed by atoms with Crippen LogP contribution in [0.25, 0.3) is 0 Å². The molecule has 0 atom stereocenters. The number of benzene rings is 1. The van der Waals surface area contributed by atoms with E-state index in [0.717, 1.165) is 23.3 Å². The van der Waals surface area contributed by atoms with Gasteiger partial charge in [0, 0.05) is 27.1 Å². The molecule has 1 aromatic heterocycles. The summed E-state index contributed by atoms with van der Waals surface area (Å²) in [6.45, 7) is 10.4. The number of nitrogens with one attached hydrogen (secondary N) is 3. The Balaban J connectivity index is 1.70. The van der Waals surface area contributed by atoms with Gasteiger partial charge >= 0.3 is 7.05 Å². The molecular weight excluding hydrogens is 439 g/mol. The SMILES string of the molecule is CC1(C)Cc2c(sc(NC(=O)c3ccc(B(O)N=O)cc3)c2C(=O)NC2(C)CC2)C(C)(C)N1. The summed E-state index contributed by atoms with van der Waals surface area (Å²) >= 11 is 1.43. The molecule has 8 nitrogen and oxygen atoms in total. The molecule has 1 aliphatic heterocycles. The van der Waals surface area contributed by atoms with Crippen LogP contribution >= 0.6 is 11.3 Å². The van der Waals surface area contributed by atoms with Gasteiger partial charge in [0.15, 0.2) is 0 Å². The average molecular weight is 468 g/mol. The maximum absolute atomic E-state index is 13.4. The number of rotatable bonds is 6. The van der Waals surface area contributed by atoms with E-state index in [4.69, 9.17) is 0 Å². The van der Waals surface area contributed by atoms with Gasteiger partial charge in [-0.2, -0.15) is 4.91 Å². The first-order valence-corrected chi connectivity index (χ1v) is 11.9. The fourth-order valence-corrected chi connectivity index (χ4v) is 5.82. The number of fused-ring (bicyclic) bond motifs is 1. The second-order valence-electron chi connectivity index (χ2n) is 10.5. The molecule has 2 amide bonds. The second kappa shape index (κ2) is 8.04. The van der Waals surface area contributed by atoms with Crippen LogP contribution in [0.5, 0.6) is 0 Å². The molecule has 0 spiro atoms. The zero-order valence-corrected chi connectivity index (χ0v) is 20.4. The van der Waals surface area contributed by atoms with Crippen molar-refractivity contribution in [3.8, 4) is 0 Å². The minimum Gasteiger partial charge on any atom is -0.425 e. The molecule has 10 heteroatoms. The number of hydrogen-bond donors (Lipinski definition) is 4. The highest BCUT2D eigenvalue weighted by Gasteiger charge is 2.44. The average Bonchev–Trinajstić information content (AvgIpc) is 3.33. The number of carbonyl (C=O) groups is 2. The summed E-state index contributed by atoms with van der Waals surface area (Å²) in [5.74, 6) is -0.530. The number of nitrogens with zero attached hydrogens (tertiary/aromatic N) is 1. The number of anilines is 1. The first-order valence-electron chi connectivity index (χ1n) is 11.0. The van der Waals surface area contributed by atoms with Crippen molar-refractivity contribution in [2.45, 2.75) is 70.5 Å². The Morgan fingerprint density at radius 2 is 1.73 bits per heavy atom. The van der Waals surface area contributed by atoms with Crippen LogP contribution < -0.4 is 21.4 Å². The number of carbonyl (C=O) groups excluding carboxylic acids is 2. The fourth-order valence-electron chi connectivity index (χ4n) is 4.55. The molecule has 2 aromatic rings. The van der Waals surface area contributed by atoms with E-state index in [1.165, 1.54) is 35.6 Å². The summed E-state index contributed by atoms with van der Waals surface area (Å²) in [5, 5.41) is 22.4. The summed E-state index contributed by atoms with van der Waals surface area (Å²) in [5.41, 5.74) is 1.41. The van der Waals surface area contributed by atoms with Crippen molar-refractivity contribution in [1.82, 2.24) is 10.6 Å². The second-order valence-corrected chi connectivity index (χ2v) is 11.5. The predicted octanol–water partition coefficient (Wildman–Crippen LogP) is 2.90. The molecule has 2 heterocycles. The van der Waals surface area contributed by atoms with E-state index in [1.807, 2.05) is 6.92 Å². The van der Waals surface area contributed by atoms with E-state index in [1.54, 1.807) is 0 Å². The van der Waals surface area contributed by atoms with Crippen LogP contribution in [0.2, 0.25) is 0 Å². The van der Waals surface area contributed by atoms with Crippen LogP contribution in [-0.2, 0) is 12.0 Å². The van der Waals surface area contributed by atoms with Crippen molar-refractivity contribution in [2.75, 3.05) is 5.32 Å². The Bertz CT molecular complexity index is 1120. The van der Waals surface area contributed by atoms with Crippen LogP contribution in [0.1, 0.15) is 78.6 Å². The quantitative estimate of drug-likeness (QED) is 0.384. The Morgan fingerprint density at radius 1 is 1.09 bits per heavy atom. The van der Waals surface area contributed by atoms with E-state index in [-0.39, 0.29) is 28.4 Å². The molecule has 0 radical (unpaired) electrons. The van der Waals surface area contributed by atoms with Crippen molar-refractivity contribution >= 4 is 40.7 Å². The minimum atomic E-state index is -1.47. The van der Waals surface area contributed by atoms with E-state index in [2.05, 4.69) is 48.7 Å². The van der Waals surface area contributed by atoms with Gasteiger partial charge in [-0.15, -0.1) is 11.3 Å². The van der Waals surface area contributed by atoms with Crippen LogP contribution in [-0.4, -0.2) is 35.0 Å². The zero-order chi connectivity index (χ0) is 24.2. The topological polar surface area (TPSA) is 120 Å². The van der Waals surface area contributed by atoms with Gasteiger partial charge in [0.25, 0.3) is 11.8 Å². The Labute approximate surface area is 197 Å². The molecule has 1 saturated carbocycles. The molecule has 4 rings (SSSR count). The molecule has 33 heavy (non-hydrogen) atoms. The number of nitroso groups, excluding NO2 is 1.